The minimum Gasteiger partial charge on any atom is -0.493 e. The van der Waals surface area contributed by atoms with E-state index in [1.807, 2.05) is 36.4 Å². The summed E-state index contributed by atoms with van der Waals surface area (Å²) in [6.45, 7) is 7.60. The third kappa shape index (κ3) is 8.76. The maximum absolute atomic E-state index is 12.8. The lowest BCUT2D eigenvalue weighted by Crippen LogP contribution is -2.43. The Bertz CT molecular complexity index is 871. The number of nitrogens with zero attached hydrogens (tertiary/aromatic N) is 1. The van der Waals surface area contributed by atoms with Crippen molar-refractivity contribution < 1.29 is 19.1 Å². The van der Waals surface area contributed by atoms with E-state index in [9.17, 15) is 9.59 Å². The quantitative estimate of drug-likeness (QED) is 0.440. The van der Waals surface area contributed by atoms with Crippen LogP contribution in [0.1, 0.15) is 43.1 Å². The van der Waals surface area contributed by atoms with Crippen LogP contribution < -0.4 is 10.1 Å². The molecule has 0 heterocycles. The molecule has 0 radical (unpaired) electrons. The van der Waals surface area contributed by atoms with Crippen molar-refractivity contribution in [3.05, 3.63) is 65.7 Å². The molecular weight excluding hydrogens is 412 g/mol. The SMILES string of the molecule is CCOC(=O)CCN(Cc1ccccc1)C(=S)NC(=O)c1cccc(OCC(C)C)c1. The number of nitrogens with one attached hydrogen (secondary N) is 1. The fraction of sp³-hybridized carbons (Fsp3) is 0.375. The van der Waals surface area contributed by atoms with Gasteiger partial charge in [0.2, 0.25) is 0 Å². The standard InChI is InChI=1S/C24H30N2O4S/c1-4-29-22(27)13-14-26(16-19-9-6-5-7-10-19)24(31)25-23(28)20-11-8-12-21(15-20)30-17-18(2)3/h5-12,15,18H,4,13-14,16-17H2,1-3H3,(H,25,28,31). The molecule has 0 aliphatic carbocycles. The number of hydrogen-bond donors (Lipinski definition) is 1. The molecule has 1 amide bonds. The monoisotopic (exact) mass is 442 g/mol. The number of benzene rings is 2. The molecule has 7 heteroatoms. The van der Waals surface area contributed by atoms with Crippen LogP contribution in [0.25, 0.3) is 0 Å². The Labute approximate surface area is 189 Å². The van der Waals surface area contributed by atoms with Crippen LogP contribution in [-0.2, 0) is 16.1 Å². The van der Waals surface area contributed by atoms with Crippen LogP contribution >= 0.6 is 12.2 Å². The summed E-state index contributed by atoms with van der Waals surface area (Å²) in [5, 5.41) is 3.03. The molecule has 0 aliphatic heterocycles. The van der Waals surface area contributed by atoms with E-state index in [1.165, 1.54) is 0 Å². The van der Waals surface area contributed by atoms with E-state index in [0.717, 1.165) is 5.56 Å². The van der Waals surface area contributed by atoms with Crippen molar-refractivity contribution in [2.24, 2.45) is 5.92 Å². The molecule has 0 unspecified atom stereocenters. The van der Waals surface area contributed by atoms with Crippen LogP contribution in [0.3, 0.4) is 0 Å². The van der Waals surface area contributed by atoms with Gasteiger partial charge < -0.3 is 14.4 Å². The van der Waals surface area contributed by atoms with Gasteiger partial charge >= 0.3 is 5.97 Å². The van der Waals surface area contributed by atoms with Crippen LogP contribution in [-0.4, -0.2) is 41.6 Å². The molecule has 166 valence electrons. The summed E-state index contributed by atoms with van der Waals surface area (Å²) >= 11 is 5.50. The molecule has 31 heavy (non-hydrogen) atoms. The van der Waals surface area contributed by atoms with Crippen molar-refractivity contribution in [3.63, 3.8) is 0 Å². The van der Waals surface area contributed by atoms with Gasteiger partial charge in [-0.05, 0) is 48.8 Å². The topological polar surface area (TPSA) is 67.9 Å². The van der Waals surface area contributed by atoms with E-state index < -0.39 is 0 Å². The molecule has 1 N–H and O–H groups in total. The Morgan fingerprint density at radius 1 is 1.10 bits per heavy atom. The van der Waals surface area contributed by atoms with Crippen LogP contribution in [0.15, 0.2) is 54.6 Å². The fourth-order valence-corrected chi connectivity index (χ4v) is 3.00. The highest BCUT2D eigenvalue weighted by Crippen LogP contribution is 2.15. The molecule has 0 bridgehead atoms. The first-order chi connectivity index (χ1) is 14.9. The number of amides is 1. The van der Waals surface area contributed by atoms with Gasteiger partial charge in [0.15, 0.2) is 5.11 Å². The van der Waals surface area contributed by atoms with E-state index in [4.69, 9.17) is 21.7 Å². The molecular formula is C24H30N2O4S. The van der Waals surface area contributed by atoms with Crippen molar-refractivity contribution >= 4 is 29.2 Å². The first-order valence-electron chi connectivity index (χ1n) is 10.4. The van der Waals surface area contributed by atoms with Crippen molar-refractivity contribution in [1.82, 2.24) is 10.2 Å². The highest BCUT2D eigenvalue weighted by molar-refractivity contribution is 7.80. The van der Waals surface area contributed by atoms with E-state index in [1.54, 1.807) is 30.0 Å². The van der Waals surface area contributed by atoms with Gasteiger partial charge in [-0.2, -0.15) is 0 Å². The molecule has 2 aromatic carbocycles. The van der Waals surface area contributed by atoms with Crippen LogP contribution in [0.5, 0.6) is 5.75 Å². The molecule has 0 saturated carbocycles. The summed E-state index contributed by atoms with van der Waals surface area (Å²) < 4.78 is 10.7. The van der Waals surface area contributed by atoms with Gasteiger partial charge in [0.1, 0.15) is 5.75 Å². The normalized spacial score (nSPS) is 10.5. The molecule has 2 aromatic rings. The number of hydrogen-bond acceptors (Lipinski definition) is 5. The zero-order chi connectivity index (χ0) is 22.6. The van der Waals surface area contributed by atoms with E-state index in [0.29, 0.717) is 43.5 Å². The largest absolute Gasteiger partial charge is 0.493 e. The highest BCUT2D eigenvalue weighted by Gasteiger charge is 2.17. The van der Waals surface area contributed by atoms with Crippen molar-refractivity contribution in [1.29, 1.82) is 0 Å². The van der Waals surface area contributed by atoms with Crippen molar-refractivity contribution in [3.8, 4) is 5.75 Å². The predicted molar refractivity (Wildman–Crippen MR) is 125 cm³/mol. The summed E-state index contributed by atoms with van der Waals surface area (Å²) in [5.41, 5.74) is 1.47. The Balaban J connectivity index is 2.06. The van der Waals surface area contributed by atoms with E-state index >= 15 is 0 Å². The second-order valence-corrected chi connectivity index (χ2v) is 7.84. The molecule has 0 atom stereocenters. The Hall–Kier alpha value is -2.93. The zero-order valence-electron chi connectivity index (χ0n) is 18.3. The minimum absolute atomic E-state index is 0.176. The summed E-state index contributed by atoms with van der Waals surface area (Å²) in [6.07, 6.45) is 0.176. The van der Waals surface area contributed by atoms with Gasteiger partial charge in [-0.3, -0.25) is 14.9 Å². The second kappa shape index (κ2) is 12.7. The summed E-state index contributed by atoms with van der Waals surface area (Å²) in [5.74, 6) is 0.394. The molecule has 0 aromatic heterocycles. The van der Waals surface area contributed by atoms with Gasteiger partial charge in [-0.1, -0.05) is 50.2 Å². The zero-order valence-corrected chi connectivity index (χ0v) is 19.1. The van der Waals surface area contributed by atoms with Gasteiger partial charge in [-0.25, -0.2) is 0 Å². The number of rotatable bonds is 10. The van der Waals surface area contributed by atoms with Gasteiger partial charge in [0.05, 0.1) is 19.6 Å². The van der Waals surface area contributed by atoms with Crippen molar-refractivity contribution in [2.45, 2.75) is 33.7 Å². The van der Waals surface area contributed by atoms with Gasteiger partial charge in [-0.15, -0.1) is 0 Å². The Morgan fingerprint density at radius 3 is 2.52 bits per heavy atom. The first kappa shape index (κ1) is 24.3. The van der Waals surface area contributed by atoms with E-state index in [2.05, 4.69) is 19.2 Å². The molecule has 0 aliphatic rings. The molecule has 0 fully saturated rings. The molecule has 0 saturated heterocycles. The molecule has 0 spiro atoms. The van der Waals surface area contributed by atoms with Crippen molar-refractivity contribution in [2.75, 3.05) is 19.8 Å². The Kier molecular flexibility index (Phi) is 9.97. The van der Waals surface area contributed by atoms with Gasteiger partial charge in [0, 0.05) is 18.7 Å². The average molecular weight is 443 g/mol. The lowest BCUT2D eigenvalue weighted by molar-refractivity contribution is -0.143. The summed E-state index contributed by atoms with van der Waals surface area (Å²) in [4.78, 5) is 26.4. The fourth-order valence-electron chi connectivity index (χ4n) is 2.75. The number of ether oxygens (including phenoxy) is 2. The predicted octanol–water partition coefficient (Wildman–Crippen LogP) is 4.19. The van der Waals surface area contributed by atoms with E-state index in [-0.39, 0.29) is 23.4 Å². The second-order valence-electron chi connectivity index (χ2n) is 7.45. The summed E-state index contributed by atoms with van der Waals surface area (Å²) in [7, 11) is 0. The number of esters is 1. The molecule has 6 nitrogen and oxygen atoms in total. The molecule has 2 rings (SSSR count). The number of thiocarbonyl (C=S) groups is 1. The third-order valence-corrected chi connectivity index (χ3v) is 4.65. The maximum Gasteiger partial charge on any atom is 0.307 e. The maximum atomic E-state index is 12.8. The highest BCUT2D eigenvalue weighted by atomic mass is 32.1. The van der Waals surface area contributed by atoms with Gasteiger partial charge in [0.25, 0.3) is 5.91 Å². The van der Waals surface area contributed by atoms with Crippen LogP contribution in [0.2, 0.25) is 0 Å². The number of carbonyl (C=O) groups excluding carboxylic acids is 2. The first-order valence-corrected chi connectivity index (χ1v) is 10.8. The van der Waals surface area contributed by atoms with Crippen LogP contribution in [0, 0.1) is 5.92 Å². The lowest BCUT2D eigenvalue weighted by Gasteiger charge is -2.25. The van der Waals surface area contributed by atoms with Crippen LogP contribution in [0.4, 0.5) is 0 Å². The lowest BCUT2D eigenvalue weighted by atomic mass is 10.2. The smallest absolute Gasteiger partial charge is 0.307 e. The summed E-state index contributed by atoms with van der Waals surface area (Å²) in [6, 6.07) is 16.7. The Morgan fingerprint density at radius 2 is 1.84 bits per heavy atom. The minimum atomic E-state index is -0.325. The third-order valence-electron chi connectivity index (χ3n) is 4.29. The average Bonchev–Trinajstić information content (AvgIpc) is 2.76. The number of carbonyl (C=O) groups is 2.